The summed E-state index contributed by atoms with van der Waals surface area (Å²) in [7, 11) is 1.56. The Morgan fingerprint density at radius 1 is 1.11 bits per heavy atom. The maximum atomic E-state index is 12.8. The van der Waals surface area contributed by atoms with Crippen LogP contribution < -0.4 is 10.3 Å². The second-order valence-electron chi connectivity index (χ2n) is 6.29. The SMILES string of the molecule is COc1cc2nccc(Cn3ccc4cc(Cl)ccc4c3=O)c2cc1CO. The van der Waals surface area contributed by atoms with Crippen molar-refractivity contribution in [2.75, 3.05) is 7.11 Å². The molecule has 1 N–H and O–H groups in total. The molecular weight excluding hydrogens is 364 g/mol. The number of methoxy groups -OCH3 is 1. The Bertz CT molecular complexity index is 1220. The molecule has 4 aromatic rings. The van der Waals surface area contributed by atoms with Crippen molar-refractivity contribution in [1.29, 1.82) is 0 Å². The van der Waals surface area contributed by atoms with Crippen LogP contribution in [-0.2, 0) is 13.2 Å². The fourth-order valence-corrected chi connectivity index (χ4v) is 3.47. The average molecular weight is 381 g/mol. The number of hydrogen-bond donors (Lipinski definition) is 1. The molecule has 0 fully saturated rings. The number of aromatic nitrogens is 2. The Morgan fingerprint density at radius 2 is 1.96 bits per heavy atom. The van der Waals surface area contributed by atoms with Crippen molar-refractivity contribution in [3.05, 3.63) is 81.4 Å². The highest BCUT2D eigenvalue weighted by molar-refractivity contribution is 6.31. The minimum atomic E-state index is -0.135. The molecule has 0 saturated heterocycles. The van der Waals surface area contributed by atoms with Crippen molar-refractivity contribution in [1.82, 2.24) is 9.55 Å². The Hall–Kier alpha value is -2.89. The number of aliphatic hydroxyl groups excluding tert-OH is 1. The van der Waals surface area contributed by atoms with Crippen LogP contribution in [0.2, 0.25) is 5.02 Å². The highest BCUT2D eigenvalue weighted by Crippen LogP contribution is 2.27. The van der Waals surface area contributed by atoms with Crippen molar-refractivity contribution < 1.29 is 9.84 Å². The number of nitrogens with zero attached hydrogens (tertiary/aromatic N) is 2. The lowest BCUT2D eigenvalue weighted by atomic mass is 10.0. The summed E-state index contributed by atoms with van der Waals surface area (Å²) in [6, 6.07) is 12.7. The number of halogens is 1. The predicted molar refractivity (Wildman–Crippen MR) is 107 cm³/mol. The molecular formula is C21H17ClN2O3. The van der Waals surface area contributed by atoms with Crippen molar-refractivity contribution in [2.24, 2.45) is 0 Å². The number of aliphatic hydroxyl groups is 1. The van der Waals surface area contributed by atoms with Gasteiger partial charge in [-0.25, -0.2) is 0 Å². The number of rotatable bonds is 4. The molecule has 0 bridgehead atoms. The first-order valence-electron chi connectivity index (χ1n) is 8.45. The monoisotopic (exact) mass is 380 g/mol. The van der Waals surface area contributed by atoms with Crippen LogP contribution in [0.15, 0.2) is 59.7 Å². The fourth-order valence-electron chi connectivity index (χ4n) is 3.29. The second kappa shape index (κ2) is 7.02. The van der Waals surface area contributed by atoms with E-state index < -0.39 is 0 Å². The topological polar surface area (TPSA) is 64.4 Å². The molecule has 0 aliphatic rings. The van der Waals surface area contributed by atoms with Crippen LogP contribution in [0.1, 0.15) is 11.1 Å². The van der Waals surface area contributed by atoms with Gasteiger partial charge in [0.25, 0.3) is 5.56 Å². The van der Waals surface area contributed by atoms with E-state index in [1.54, 1.807) is 48.3 Å². The van der Waals surface area contributed by atoms with Crippen LogP contribution in [0.3, 0.4) is 0 Å². The molecule has 6 heteroatoms. The van der Waals surface area contributed by atoms with Gasteiger partial charge in [-0.3, -0.25) is 9.78 Å². The van der Waals surface area contributed by atoms with E-state index in [0.29, 0.717) is 28.3 Å². The van der Waals surface area contributed by atoms with E-state index in [2.05, 4.69) is 4.98 Å². The Balaban J connectivity index is 1.84. The second-order valence-corrected chi connectivity index (χ2v) is 6.73. The highest BCUT2D eigenvalue weighted by atomic mass is 35.5. The van der Waals surface area contributed by atoms with E-state index in [9.17, 15) is 9.90 Å². The van der Waals surface area contributed by atoms with Gasteiger partial charge in [0.1, 0.15) is 5.75 Å². The zero-order valence-electron chi connectivity index (χ0n) is 14.6. The molecule has 136 valence electrons. The molecule has 0 amide bonds. The third-order valence-corrected chi connectivity index (χ3v) is 4.92. The first kappa shape index (κ1) is 17.5. The molecule has 27 heavy (non-hydrogen) atoms. The third-order valence-electron chi connectivity index (χ3n) is 4.68. The maximum Gasteiger partial charge on any atom is 0.258 e. The summed E-state index contributed by atoms with van der Waals surface area (Å²) in [5, 5.41) is 12.5. The Labute approximate surface area is 160 Å². The summed E-state index contributed by atoms with van der Waals surface area (Å²) >= 11 is 6.01. The summed E-state index contributed by atoms with van der Waals surface area (Å²) in [6.07, 6.45) is 3.48. The van der Waals surface area contributed by atoms with Crippen molar-refractivity contribution in [2.45, 2.75) is 13.2 Å². The van der Waals surface area contributed by atoms with E-state index in [1.165, 1.54) is 0 Å². The molecule has 5 nitrogen and oxygen atoms in total. The summed E-state index contributed by atoms with van der Waals surface area (Å²) in [5.74, 6) is 0.592. The quantitative estimate of drug-likeness (QED) is 0.585. The average Bonchev–Trinajstić information content (AvgIpc) is 2.69. The molecule has 0 unspecified atom stereocenters. The predicted octanol–water partition coefficient (Wildman–Crippen LogP) is 3.75. The van der Waals surface area contributed by atoms with Gasteiger partial charge in [0, 0.05) is 39.8 Å². The van der Waals surface area contributed by atoms with Gasteiger partial charge in [0.05, 0.1) is 25.8 Å². The molecule has 0 spiro atoms. The summed E-state index contributed by atoms with van der Waals surface area (Å²) in [4.78, 5) is 17.2. The molecule has 0 saturated carbocycles. The standard InChI is InChI=1S/C21H17ClN2O3/c1-27-20-10-19-18(9-15(20)12-25)14(4-6-23-19)11-24-7-5-13-8-16(22)2-3-17(13)21(24)26/h2-10,25H,11-12H2,1H3. The van der Waals surface area contributed by atoms with E-state index in [-0.39, 0.29) is 12.2 Å². The van der Waals surface area contributed by atoms with Crippen molar-refractivity contribution in [3.8, 4) is 5.75 Å². The van der Waals surface area contributed by atoms with Crippen LogP contribution in [0.4, 0.5) is 0 Å². The molecule has 0 radical (unpaired) electrons. The summed E-state index contributed by atoms with van der Waals surface area (Å²) in [6.45, 7) is 0.262. The zero-order chi connectivity index (χ0) is 19.0. The van der Waals surface area contributed by atoms with Gasteiger partial charge in [-0.1, -0.05) is 11.6 Å². The summed E-state index contributed by atoms with van der Waals surface area (Å²) in [5.41, 5.74) is 2.29. The van der Waals surface area contributed by atoms with E-state index in [1.807, 2.05) is 18.2 Å². The maximum absolute atomic E-state index is 12.8. The van der Waals surface area contributed by atoms with E-state index in [4.69, 9.17) is 16.3 Å². The molecule has 0 atom stereocenters. The van der Waals surface area contributed by atoms with Crippen molar-refractivity contribution >= 4 is 33.3 Å². The molecule has 2 aromatic carbocycles. The van der Waals surface area contributed by atoms with Crippen molar-refractivity contribution in [3.63, 3.8) is 0 Å². The van der Waals surface area contributed by atoms with Gasteiger partial charge in [-0.05, 0) is 47.3 Å². The first-order valence-corrected chi connectivity index (χ1v) is 8.82. The number of pyridine rings is 2. The number of fused-ring (bicyclic) bond motifs is 2. The zero-order valence-corrected chi connectivity index (χ0v) is 15.4. The lowest BCUT2D eigenvalue weighted by Crippen LogP contribution is -2.20. The minimum absolute atomic E-state index is 0.0787. The lowest BCUT2D eigenvalue weighted by molar-refractivity contribution is 0.274. The van der Waals surface area contributed by atoms with Gasteiger partial charge in [-0.15, -0.1) is 0 Å². The van der Waals surface area contributed by atoms with E-state index >= 15 is 0 Å². The van der Waals surface area contributed by atoms with Crippen LogP contribution >= 0.6 is 11.6 Å². The highest BCUT2D eigenvalue weighted by Gasteiger charge is 2.11. The molecule has 0 aliphatic heterocycles. The van der Waals surface area contributed by atoms with E-state index in [0.717, 1.165) is 21.9 Å². The van der Waals surface area contributed by atoms with Gasteiger partial charge in [0.2, 0.25) is 0 Å². The lowest BCUT2D eigenvalue weighted by Gasteiger charge is -2.13. The fraction of sp³-hybridized carbons (Fsp3) is 0.143. The Morgan fingerprint density at radius 3 is 2.74 bits per heavy atom. The van der Waals surface area contributed by atoms with Gasteiger partial charge < -0.3 is 14.4 Å². The molecule has 4 rings (SSSR count). The Kier molecular flexibility index (Phi) is 4.56. The normalized spacial score (nSPS) is 11.2. The van der Waals surface area contributed by atoms with Crippen LogP contribution in [0.5, 0.6) is 5.75 Å². The van der Waals surface area contributed by atoms with Gasteiger partial charge in [-0.2, -0.15) is 0 Å². The third kappa shape index (κ3) is 3.16. The largest absolute Gasteiger partial charge is 0.496 e. The molecule has 2 heterocycles. The van der Waals surface area contributed by atoms with Gasteiger partial charge in [0.15, 0.2) is 0 Å². The van der Waals surface area contributed by atoms with Crippen LogP contribution in [-0.4, -0.2) is 21.8 Å². The van der Waals surface area contributed by atoms with Crippen LogP contribution in [0.25, 0.3) is 21.7 Å². The molecule has 2 aromatic heterocycles. The molecule has 0 aliphatic carbocycles. The van der Waals surface area contributed by atoms with Crippen LogP contribution in [0, 0.1) is 0 Å². The van der Waals surface area contributed by atoms with Gasteiger partial charge >= 0.3 is 0 Å². The first-order chi connectivity index (χ1) is 13.1. The minimum Gasteiger partial charge on any atom is -0.496 e. The number of hydrogen-bond acceptors (Lipinski definition) is 4. The number of ether oxygens (including phenoxy) is 1. The summed E-state index contributed by atoms with van der Waals surface area (Å²) < 4.78 is 6.97. The smallest absolute Gasteiger partial charge is 0.258 e. The number of benzene rings is 2.